The molecule has 0 spiro atoms. The first kappa shape index (κ1) is 13.1. The standard InChI is InChI=1S/C13H12F3NO3/c14-13(15,16)7-3-4-8-10(6-7)20-9-2-1-5-17(11(8)9)12(18)19/h3-4,6,9,11H,1-2,5H2,(H,18,19)/t9-,11-/m0/s1. The van der Waals surface area contributed by atoms with Gasteiger partial charge in [-0.1, -0.05) is 6.07 Å². The van der Waals surface area contributed by atoms with E-state index in [0.717, 1.165) is 12.1 Å². The molecule has 7 heteroatoms. The molecular weight excluding hydrogens is 275 g/mol. The molecule has 2 atom stereocenters. The molecule has 2 aliphatic heterocycles. The highest BCUT2D eigenvalue weighted by Gasteiger charge is 2.44. The Labute approximate surface area is 112 Å². The van der Waals surface area contributed by atoms with Crippen molar-refractivity contribution >= 4 is 6.09 Å². The van der Waals surface area contributed by atoms with Gasteiger partial charge >= 0.3 is 12.3 Å². The molecule has 1 fully saturated rings. The lowest BCUT2D eigenvalue weighted by Crippen LogP contribution is -2.43. The molecule has 0 radical (unpaired) electrons. The number of nitrogens with zero attached hydrogens (tertiary/aromatic N) is 1. The Kier molecular flexibility index (Phi) is 2.81. The molecule has 1 N–H and O–H groups in total. The van der Waals surface area contributed by atoms with Crippen molar-refractivity contribution in [3.63, 3.8) is 0 Å². The molecule has 20 heavy (non-hydrogen) atoms. The summed E-state index contributed by atoms with van der Waals surface area (Å²) in [6.45, 7) is 0.375. The number of hydrogen-bond acceptors (Lipinski definition) is 2. The van der Waals surface area contributed by atoms with Crippen LogP contribution in [0.15, 0.2) is 18.2 Å². The highest BCUT2D eigenvalue weighted by Crippen LogP contribution is 2.46. The van der Waals surface area contributed by atoms with Crippen molar-refractivity contribution in [2.24, 2.45) is 0 Å². The lowest BCUT2D eigenvalue weighted by atomic mass is 9.94. The first-order chi connectivity index (χ1) is 9.38. The molecule has 1 saturated heterocycles. The van der Waals surface area contributed by atoms with Gasteiger partial charge in [-0.2, -0.15) is 13.2 Å². The quantitative estimate of drug-likeness (QED) is 0.796. The summed E-state index contributed by atoms with van der Waals surface area (Å²) in [5.74, 6) is 0.142. The molecule has 3 rings (SSSR count). The molecule has 0 saturated carbocycles. The molecule has 1 aromatic rings. The zero-order chi connectivity index (χ0) is 14.5. The minimum atomic E-state index is -4.43. The Bertz CT molecular complexity index is 558. The Morgan fingerprint density at radius 1 is 1.40 bits per heavy atom. The summed E-state index contributed by atoms with van der Waals surface area (Å²) in [5, 5.41) is 9.19. The average Bonchev–Trinajstić information content (AvgIpc) is 2.74. The van der Waals surface area contributed by atoms with Crippen LogP contribution in [0.1, 0.15) is 30.0 Å². The zero-order valence-corrected chi connectivity index (χ0v) is 10.4. The van der Waals surface area contributed by atoms with Crippen LogP contribution >= 0.6 is 0 Å². The second-order valence-corrected chi connectivity index (χ2v) is 4.97. The summed E-state index contributed by atoms with van der Waals surface area (Å²) < 4.78 is 43.5. The lowest BCUT2D eigenvalue weighted by molar-refractivity contribution is -0.137. The van der Waals surface area contributed by atoms with E-state index in [0.29, 0.717) is 24.9 Å². The fourth-order valence-corrected chi connectivity index (χ4v) is 2.89. The number of rotatable bonds is 0. The number of fused-ring (bicyclic) bond motifs is 3. The molecule has 1 aromatic carbocycles. The zero-order valence-electron chi connectivity index (χ0n) is 10.4. The van der Waals surface area contributed by atoms with Crippen molar-refractivity contribution in [2.45, 2.75) is 31.2 Å². The van der Waals surface area contributed by atoms with Gasteiger partial charge in [0, 0.05) is 12.1 Å². The molecule has 4 nitrogen and oxygen atoms in total. The third-order valence-corrected chi connectivity index (χ3v) is 3.76. The van der Waals surface area contributed by atoms with Gasteiger partial charge in [0.05, 0.1) is 5.56 Å². The van der Waals surface area contributed by atoms with Gasteiger partial charge in [-0.15, -0.1) is 0 Å². The number of amides is 1. The largest absolute Gasteiger partial charge is 0.488 e. The number of piperidine rings is 1. The van der Waals surface area contributed by atoms with Gasteiger partial charge in [-0.25, -0.2) is 4.79 Å². The number of hydrogen-bond donors (Lipinski definition) is 1. The monoisotopic (exact) mass is 287 g/mol. The van der Waals surface area contributed by atoms with E-state index >= 15 is 0 Å². The second kappa shape index (κ2) is 4.29. The summed E-state index contributed by atoms with van der Waals surface area (Å²) in [6, 6.07) is 2.75. The molecule has 2 heterocycles. The van der Waals surface area contributed by atoms with E-state index in [-0.39, 0.29) is 5.75 Å². The van der Waals surface area contributed by atoms with E-state index in [9.17, 15) is 23.1 Å². The summed E-state index contributed by atoms with van der Waals surface area (Å²) in [4.78, 5) is 12.5. The van der Waals surface area contributed by atoms with Gasteiger partial charge in [0.25, 0.3) is 0 Å². The Balaban J connectivity index is 2.00. The number of carbonyl (C=O) groups is 1. The number of benzene rings is 1. The third-order valence-electron chi connectivity index (χ3n) is 3.76. The van der Waals surface area contributed by atoms with Gasteiger partial charge in [-0.3, -0.25) is 4.90 Å². The van der Waals surface area contributed by atoms with E-state index in [1.807, 2.05) is 0 Å². The Morgan fingerprint density at radius 2 is 2.15 bits per heavy atom. The summed E-state index contributed by atoms with van der Waals surface area (Å²) in [6.07, 6.45) is -4.61. The van der Waals surface area contributed by atoms with Gasteiger partial charge in [0.15, 0.2) is 0 Å². The molecule has 0 bridgehead atoms. The van der Waals surface area contributed by atoms with E-state index in [4.69, 9.17) is 4.74 Å². The van der Waals surface area contributed by atoms with Crippen LogP contribution in [0.4, 0.5) is 18.0 Å². The van der Waals surface area contributed by atoms with Crippen molar-refractivity contribution in [1.29, 1.82) is 0 Å². The van der Waals surface area contributed by atoms with Gasteiger partial charge in [0.2, 0.25) is 0 Å². The molecule has 108 valence electrons. The van der Waals surface area contributed by atoms with E-state index in [1.165, 1.54) is 11.0 Å². The number of carboxylic acid groups (broad SMARTS) is 1. The van der Waals surface area contributed by atoms with Crippen molar-refractivity contribution in [3.8, 4) is 5.75 Å². The van der Waals surface area contributed by atoms with Crippen LogP contribution in [0.5, 0.6) is 5.75 Å². The number of alkyl halides is 3. The van der Waals surface area contributed by atoms with Crippen LogP contribution < -0.4 is 4.74 Å². The maximum atomic E-state index is 12.7. The normalized spacial score (nSPS) is 24.9. The first-order valence-electron chi connectivity index (χ1n) is 6.25. The molecule has 0 unspecified atom stereocenters. The Morgan fingerprint density at radius 3 is 2.80 bits per heavy atom. The highest BCUT2D eigenvalue weighted by molar-refractivity contribution is 5.67. The van der Waals surface area contributed by atoms with Crippen LogP contribution in [-0.2, 0) is 6.18 Å². The molecule has 0 aliphatic carbocycles. The average molecular weight is 287 g/mol. The van der Waals surface area contributed by atoms with Gasteiger partial charge in [-0.05, 0) is 25.0 Å². The second-order valence-electron chi connectivity index (χ2n) is 4.97. The SMILES string of the molecule is O=C(O)N1CCC[C@@H]2Oc3cc(C(F)(F)F)ccc3[C@@H]21. The summed E-state index contributed by atoms with van der Waals surface area (Å²) in [5.41, 5.74) is -0.262. The molecule has 2 aliphatic rings. The number of halogens is 3. The van der Waals surface area contributed by atoms with Gasteiger partial charge in [0.1, 0.15) is 17.9 Å². The van der Waals surface area contributed by atoms with Gasteiger partial charge < -0.3 is 9.84 Å². The summed E-state index contributed by atoms with van der Waals surface area (Å²) >= 11 is 0. The van der Waals surface area contributed by atoms with Crippen LogP contribution in [0, 0.1) is 0 Å². The third kappa shape index (κ3) is 1.97. The minimum absolute atomic E-state index is 0.142. The smallest absolute Gasteiger partial charge is 0.416 e. The van der Waals surface area contributed by atoms with E-state index in [1.54, 1.807) is 0 Å². The highest BCUT2D eigenvalue weighted by atomic mass is 19.4. The van der Waals surface area contributed by atoms with Crippen LogP contribution in [0.3, 0.4) is 0 Å². The minimum Gasteiger partial charge on any atom is -0.488 e. The lowest BCUT2D eigenvalue weighted by Gasteiger charge is -2.34. The van der Waals surface area contributed by atoms with Crippen molar-refractivity contribution in [3.05, 3.63) is 29.3 Å². The topological polar surface area (TPSA) is 49.8 Å². The number of likely N-dealkylation sites (tertiary alicyclic amines) is 1. The number of ether oxygens (including phenoxy) is 1. The molecule has 1 amide bonds. The first-order valence-corrected chi connectivity index (χ1v) is 6.25. The van der Waals surface area contributed by atoms with Crippen LogP contribution in [-0.4, -0.2) is 28.7 Å². The van der Waals surface area contributed by atoms with Crippen LogP contribution in [0.25, 0.3) is 0 Å². The van der Waals surface area contributed by atoms with E-state index < -0.39 is 30.0 Å². The predicted octanol–water partition coefficient (Wildman–Crippen LogP) is 3.28. The Hall–Kier alpha value is -1.92. The van der Waals surface area contributed by atoms with Crippen molar-refractivity contribution in [1.82, 2.24) is 4.90 Å². The fraction of sp³-hybridized carbons (Fsp3) is 0.462. The van der Waals surface area contributed by atoms with Crippen molar-refractivity contribution < 1.29 is 27.8 Å². The molecular formula is C13H12F3NO3. The maximum absolute atomic E-state index is 12.7. The van der Waals surface area contributed by atoms with Crippen LogP contribution in [0.2, 0.25) is 0 Å². The summed E-state index contributed by atoms with van der Waals surface area (Å²) in [7, 11) is 0. The fourth-order valence-electron chi connectivity index (χ4n) is 2.89. The maximum Gasteiger partial charge on any atom is 0.416 e. The van der Waals surface area contributed by atoms with E-state index in [2.05, 4.69) is 0 Å². The predicted molar refractivity (Wildman–Crippen MR) is 62.6 cm³/mol. The van der Waals surface area contributed by atoms with Crippen molar-refractivity contribution in [2.75, 3.05) is 6.54 Å². The molecule has 0 aromatic heterocycles.